The first-order chi connectivity index (χ1) is 9.11. The number of hydrogen-bond donors (Lipinski definition) is 3. The molecule has 1 aromatic rings. The van der Waals surface area contributed by atoms with Gasteiger partial charge in [0.1, 0.15) is 0 Å². The van der Waals surface area contributed by atoms with Gasteiger partial charge in [-0.2, -0.15) is 0 Å². The van der Waals surface area contributed by atoms with E-state index < -0.39 is 17.6 Å². The van der Waals surface area contributed by atoms with Gasteiger partial charge in [-0.15, -0.1) is 0 Å². The number of para-hydroxylation sites is 1. The van der Waals surface area contributed by atoms with Crippen molar-refractivity contribution < 1.29 is 19.8 Å². The molecule has 3 N–H and O–H groups in total. The Hall–Kier alpha value is -1.60. The Balaban J connectivity index is 2.94. The monoisotopic (exact) mass is 344 g/mol. The van der Waals surface area contributed by atoms with Crippen molar-refractivity contribution in [2.24, 2.45) is 0 Å². The maximum atomic E-state index is 12.0. The number of amides is 2. The average molecular weight is 345 g/mol. The van der Waals surface area contributed by atoms with E-state index in [1.54, 1.807) is 26.0 Å². The summed E-state index contributed by atoms with van der Waals surface area (Å²) in [6, 6.07) is 4.11. The molecule has 1 rings (SSSR count). The van der Waals surface area contributed by atoms with Gasteiger partial charge < -0.3 is 20.4 Å². The van der Waals surface area contributed by atoms with Crippen LogP contribution in [0.4, 0.5) is 10.5 Å². The molecule has 0 saturated carbocycles. The Kier molecular flexibility index (Phi) is 5.13. The normalized spacial score (nSPS) is 11.1. The van der Waals surface area contributed by atoms with E-state index in [1.165, 1.54) is 18.0 Å². The topological polar surface area (TPSA) is 89.9 Å². The number of urea groups is 1. The summed E-state index contributed by atoms with van der Waals surface area (Å²) in [6.45, 7) is 3.28. The van der Waals surface area contributed by atoms with Crippen LogP contribution in [0.2, 0.25) is 0 Å². The summed E-state index contributed by atoms with van der Waals surface area (Å²) in [4.78, 5) is 24.4. The fourth-order valence-electron chi connectivity index (χ4n) is 1.68. The summed E-state index contributed by atoms with van der Waals surface area (Å²) in [5.41, 5.74) is -0.854. The Labute approximate surface area is 125 Å². The second-order valence-corrected chi connectivity index (χ2v) is 5.92. The maximum absolute atomic E-state index is 12.0. The van der Waals surface area contributed by atoms with E-state index >= 15 is 0 Å². The zero-order valence-electron chi connectivity index (χ0n) is 11.5. The zero-order valence-corrected chi connectivity index (χ0v) is 13.1. The molecule has 0 aliphatic carbocycles. The van der Waals surface area contributed by atoms with Crippen molar-refractivity contribution in [2.75, 3.05) is 18.9 Å². The first-order valence-corrected chi connectivity index (χ1v) is 6.67. The SMILES string of the molecule is CN(CC(C)(C)O)C(=O)Nc1c(Br)cccc1C(=O)O. The molecule has 6 nitrogen and oxygen atoms in total. The smallest absolute Gasteiger partial charge is 0.337 e. The van der Waals surface area contributed by atoms with E-state index in [9.17, 15) is 14.7 Å². The molecular weight excluding hydrogens is 328 g/mol. The molecule has 0 aromatic heterocycles. The van der Waals surface area contributed by atoms with E-state index in [1.807, 2.05) is 0 Å². The minimum atomic E-state index is -1.13. The number of carboxylic acid groups (broad SMARTS) is 1. The van der Waals surface area contributed by atoms with Crippen LogP contribution in [0.25, 0.3) is 0 Å². The highest BCUT2D eigenvalue weighted by Crippen LogP contribution is 2.26. The largest absolute Gasteiger partial charge is 0.478 e. The van der Waals surface area contributed by atoms with Crippen molar-refractivity contribution in [3.05, 3.63) is 28.2 Å². The lowest BCUT2D eigenvalue weighted by Crippen LogP contribution is -2.41. The number of benzene rings is 1. The Bertz CT molecular complexity index is 526. The third kappa shape index (κ3) is 4.50. The molecule has 0 saturated heterocycles. The Morgan fingerprint density at radius 3 is 2.50 bits per heavy atom. The molecule has 110 valence electrons. The standard InChI is InChI=1S/C13H17BrN2O4/c1-13(2,20)7-16(3)12(19)15-10-8(11(17)18)5-4-6-9(10)14/h4-6,20H,7H2,1-3H3,(H,15,19)(H,17,18). The van der Waals surface area contributed by atoms with E-state index in [0.717, 1.165) is 0 Å². The summed E-state index contributed by atoms with van der Waals surface area (Å²) in [7, 11) is 1.52. The number of hydrogen-bond acceptors (Lipinski definition) is 3. The fraction of sp³-hybridized carbons (Fsp3) is 0.385. The highest BCUT2D eigenvalue weighted by Gasteiger charge is 2.21. The molecule has 7 heteroatoms. The quantitative estimate of drug-likeness (QED) is 0.782. The van der Waals surface area contributed by atoms with Crippen molar-refractivity contribution >= 4 is 33.6 Å². The third-order valence-electron chi connectivity index (χ3n) is 2.45. The van der Waals surface area contributed by atoms with Crippen LogP contribution in [0.15, 0.2) is 22.7 Å². The molecule has 0 radical (unpaired) electrons. The van der Waals surface area contributed by atoms with Crippen molar-refractivity contribution in [1.29, 1.82) is 0 Å². The number of carboxylic acids is 1. The van der Waals surface area contributed by atoms with Gasteiger partial charge in [-0.3, -0.25) is 0 Å². The van der Waals surface area contributed by atoms with Crippen LogP contribution in [-0.2, 0) is 0 Å². The number of nitrogens with one attached hydrogen (secondary N) is 1. The first-order valence-electron chi connectivity index (χ1n) is 5.88. The van der Waals surface area contributed by atoms with Crippen molar-refractivity contribution in [2.45, 2.75) is 19.4 Å². The number of likely N-dealkylation sites (N-methyl/N-ethyl adjacent to an activating group) is 1. The average Bonchev–Trinajstić information content (AvgIpc) is 2.28. The fourth-order valence-corrected chi connectivity index (χ4v) is 2.15. The van der Waals surface area contributed by atoms with Crippen LogP contribution < -0.4 is 5.32 Å². The van der Waals surface area contributed by atoms with Crippen molar-refractivity contribution in [3.8, 4) is 0 Å². The summed E-state index contributed by atoms with van der Waals surface area (Å²) >= 11 is 3.21. The minimum Gasteiger partial charge on any atom is -0.478 e. The first kappa shape index (κ1) is 16.5. The molecule has 1 aromatic carbocycles. The van der Waals surface area contributed by atoms with Crippen LogP contribution in [0.1, 0.15) is 24.2 Å². The predicted octanol–water partition coefficient (Wildman–Crippen LogP) is 2.38. The number of nitrogens with zero attached hydrogens (tertiary/aromatic N) is 1. The van der Waals surface area contributed by atoms with Crippen LogP contribution in [-0.4, -0.2) is 46.3 Å². The predicted molar refractivity (Wildman–Crippen MR) is 79.0 cm³/mol. The lowest BCUT2D eigenvalue weighted by atomic mass is 10.1. The van der Waals surface area contributed by atoms with E-state index in [2.05, 4.69) is 21.2 Å². The molecule has 0 aliphatic heterocycles. The highest BCUT2D eigenvalue weighted by molar-refractivity contribution is 9.10. The number of aliphatic hydroxyl groups is 1. The van der Waals surface area contributed by atoms with Gasteiger partial charge in [0.2, 0.25) is 0 Å². The number of halogens is 1. The highest BCUT2D eigenvalue weighted by atomic mass is 79.9. The van der Waals surface area contributed by atoms with Gasteiger partial charge in [-0.1, -0.05) is 6.07 Å². The maximum Gasteiger partial charge on any atom is 0.337 e. The molecule has 0 bridgehead atoms. The van der Waals surface area contributed by atoms with Gasteiger partial charge in [0.05, 0.1) is 23.4 Å². The molecule has 2 amide bonds. The number of aromatic carboxylic acids is 1. The second-order valence-electron chi connectivity index (χ2n) is 5.07. The summed E-state index contributed by atoms with van der Waals surface area (Å²) in [5, 5.41) is 21.3. The van der Waals surface area contributed by atoms with Gasteiger partial charge in [0, 0.05) is 11.5 Å². The Morgan fingerprint density at radius 1 is 1.40 bits per heavy atom. The lowest BCUT2D eigenvalue weighted by Gasteiger charge is -2.26. The van der Waals surface area contributed by atoms with Crippen molar-refractivity contribution in [3.63, 3.8) is 0 Å². The van der Waals surface area contributed by atoms with Crippen LogP contribution in [0.3, 0.4) is 0 Å². The molecule has 0 aliphatic rings. The molecule has 0 fully saturated rings. The van der Waals surface area contributed by atoms with E-state index in [0.29, 0.717) is 4.47 Å². The van der Waals surface area contributed by atoms with Crippen molar-refractivity contribution in [1.82, 2.24) is 4.90 Å². The van der Waals surface area contributed by atoms with Crippen LogP contribution >= 0.6 is 15.9 Å². The zero-order chi connectivity index (χ0) is 15.5. The summed E-state index contributed by atoms with van der Waals surface area (Å²) < 4.78 is 0.474. The van der Waals surface area contributed by atoms with Crippen LogP contribution in [0.5, 0.6) is 0 Å². The lowest BCUT2D eigenvalue weighted by molar-refractivity contribution is 0.0550. The number of rotatable bonds is 4. The van der Waals surface area contributed by atoms with Gasteiger partial charge in [-0.05, 0) is 41.9 Å². The number of carbonyl (C=O) groups excluding carboxylic acids is 1. The second kappa shape index (κ2) is 6.23. The molecule has 0 spiro atoms. The third-order valence-corrected chi connectivity index (χ3v) is 3.11. The summed E-state index contributed by atoms with van der Waals surface area (Å²) in [6.07, 6.45) is 0. The van der Waals surface area contributed by atoms with Crippen LogP contribution in [0, 0.1) is 0 Å². The molecular formula is C13H17BrN2O4. The molecule has 0 unspecified atom stereocenters. The molecule has 20 heavy (non-hydrogen) atoms. The molecule has 0 atom stereocenters. The van der Waals surface area contributed by atoms with Gasteiger partial charge in [0.25, 0.3) is 0 Å². The van der Waals surface area contributed by atoms with E-state index in [-0.39, 0.29) is 17.8 Å². The number of anilines is 1. The number of carbonyl (C=O) groups is 2. The van der Waals surface area contributed by atoms with Gasteiger partial charge in [0.15, 0.2) is 0 Å². The van der Waals surface area contributed by atoms with E-state index in [4.69, 9.17) is 5.11 Å². The minimum absolute atomic E-state index is 0.00983. The summed E-state index contributed by atoms with van der Waals surface area (Å²) in [5.74, 6) is -1.13. The van der Waals surface area contributed by atoms with Gasteiger partial charge in [-0.25, -0.2) is 9.59 Å². The van der Waals surface area contributed by atoms with Gasteiger partial charge >= 0.3 is 12.0 Å². The molecule has 0 heterocycles. The Morgan fingerprint density at radius 2 is 2.00 bits per heavy atom.